The van der Waals surface area contributed by atoms with Crippen molar-refractivity contribution < 1.29 is 4.92 Å². The van der Waals surface area contributed by atoms with E-state index in [9.17, 15) is 10.1 Å². The summed E-state index contributed by atoms with van der Waals surface area (Å²) < 4.78 is 0. The molecule has 102 valence electrons. The Bertz CT molecular complexity index is 725. The van der Waals surface area contributed by atoms with E-state index in [1.54, 1.807) is 6.07 Å². The second-order valence-corrected chi connectivity index (χ2v) is 4.79. The molecule has 0 atom stereocenters. The van der Waals surface area contributed by atoms with Crippen LogP contribution >= 0.6 is 28.3 Å². The van der Waals surface area contributed by atoms with Crippen LogP contribution in [-0.4, -0.2) is 14.9 Å². The van der Waals surface area contributed by atoms with Crippen molar-refractivity contribution in [3.63, 3.8) is 0 Å². The number of nitrogens with one attached hydrogen (secondary N) is 1. The molecule has 0 unspecified atom stereocenters. The van der Waals surface area contributed by atoms with Crippen LogP contribution in [0, 0.1) is 10.1 Å². The summed E-state index contributed by atoms with van der Waals surface area (Å²) in [7, 11) is 0. The fraction of sp³-hybridized carbons (Fsp3) is 0. The number of hydrogen-bond acceptors (Lipinski definition) is 4. The van der Waals surface area contributed by atoms with E-state index in [2.05, 4.69) is 9.97 Å². The molecule has 0 saturated heterocycles. The third-order valence-corrected chi connectivity index (χ3v) is 3.56. The Morgan fingerprint density at radius 2 is 2.10 bits per heavy atom. The van der Waals surface area contributed by atoms with Crippen molar-refractivity contribution in [1.82, 2.24) is 9.97 Å². The lowest BCUT2D eigenvalue weighted by Crippen LogP contribution is -1.88. The Kier molecular flexibility index (Phi) is 4.31. The number of benzene rings is 1. The standard InChI is InChI=1S/C13H9N3O2S.BrH/c17-16(18)10-4-1-3-9(7-10)12-8-19-13(15-12)11-5-2-6-14-11;/h1-8,14H;1H. The lowest BCUT2D eigenvalue weighted by atomic mass is 10.1. The molecule has 0 aliphatic heterocycles. The van der Waals surface area contributed by atoms with Crippen molar-refractivity contribution in [2.75, 3.05) is 0 Å². The van der Waals surface area contributed by atoms with Crippen molar-refractivity contribution in [2.45, 2.75) is 0 Å². The highest BCUT2D eigenvalue weighted by molar-refractivity contribution is 8.93. The van der Waals surface area contributed by atoms with Gasteiger partial charge in [-0.05, 0) is 12.1 Å². The number of nitrogens with zero attached hydrogens (tertiary/aromatic N) is 2. The van der Waals surface area contributed by atoms with E-state index >= 15 is 0 Å². The van der Waals surface area contributed by atoms with Crippen molar-refractivity contribution in [3.8, 4) is 22.0 Å². The van der Waals surface area contributed by atoms with Gasteiger partial charge in [-0.15, -0.1) is 28.3 Å². The van der Waals surface area contributed by atoms with Crippen LogP contribution in [0.4, 0.5) is 5.69 Å². The van der Waals surface area contributed by atoms with Gasteiger partial charge in [0.2, 0.25) is 0 Å². The molecule has 1 N–H and O–H groups in total. The van der Waals surface area contributed by atoms with E-state index in [1.807, 2.05) is 29.8 Å². The highest BCUT2D eigenvalue weighted by Crippen LogP contribution is 2.29. The summed E-state index contributed by atoms with van der Waals surface area (Å²) in [5, 5.41) is 13.5. The number of H-pyrrole nitrogens is 1. The Labute approximate surface area is 129 Å². The average molecular weight is 352 g/mol. The van der Waals surface area contributed by atoms with Crippen LogP contribution in [0.2, 0.25) is 0 Å². The highest BCUT2D eigenvalue weighted by atomic mass is 79.9. The van der Waals surface area contributed by atoms with Crippen LogP contribution in [0.15, 0.2) is 48.0 Å². The van der Waals surface area contributed by atoms with Gasteiger partial charge in [-0.1, -0.05) is 12.1 Å². The Morgan fingerprint density at radius 3 is 2.80 bits per heavy atom. The SMILES string of the molecule is Br.O=[N+]([O-])c1cccc(-c2csc(-c3ccc[nH]3)n2)c1. The first-order valence-corrected chi connectivity index (χ1v) is 6.46. The maximum atomic E-state index is 10.8. The summed E-state index contributed by atoms with van der Waals surface area (Å²) in [5.74, 6) is 0. The molecule has 0 bridgehead atoms. The summed E-state index contributed by atoms with van der Waals surface area (Å²) in [4.78, 5) is 17.9. The lowest BCUT2D eigenvalue weighted by molar-refractivity contribution is -0.384. The molecule has 7 heteroatoms. The highest BCUT2D eigenvalue weighted by Gasteiger charge is 2.10. The number of rotatable bonds is 3. The molecule has 20 heavy (non-hydrogen) atoms. The molecule has 3 rings (SSSR count). The molecule has 0 fully saturated rings. The zero-order chi connectivity index (χ0) is 13.2. The topological polar surface area (TPSA) is 71.8 Å². The van der Waals surface area contributed by atoms with Crippen molar-refractivity contribution in [3.05, 3.63) is 58.1 Å². The minimum absolute atomic E-state index is 0. The largest absolute Gasteiger partial charge is 0.359 e. The van der Waals surface area contributed by atoms with E-state index in [-0.39, 0.29) is 22.7 Å². The first-order valence-electron chi connectivity index (χ1n) is 5.58. The molecular weight excluding hydrogens is 342 g/mol. The summed E-state index contributed by atoms with van der Waals surface area (Å²) >= 11 is 1.50. The molecule has 0 saturated carbocycles. The minimum atomic E-state index is -0.401. The lowest BCUT2D eigenvalue weighted by Gasteiger charge is -1.96. The normalized spacial score (nSPS) is 10.0. The zero-order valence-corrected chi connectivity index (χ0v) is 12.7. The Hall–Kier alpha value is -1.99. The van der Waals surface area contributed by atoms with E-state index in [0.717, 1.165) is 22.0 Å². The molecule has 0 amide bonds. The summed E-state index contributed by atoms with van der Waals surface area (Å²) in [6.45, 7) is 0. The molecule has 2 heterocycles. The van der Waals surface area contributed by atoms with Gasteiger partial charge >= 0.3 is 0 Å². The number of aromatic nitrogens is 2. The predicted octanol–water partition coefficient (Wildman–Crippen LogP) is 4.29. The number of aromatic amines is 1. The van der Waals surface area contributed by atoms with E-state index in [0.29, 0.717) is 0 Å². The van der Waals surface area contributed by atoms with Gasteiger partial charge in [0.15, 0.2) is 0 Å². The van der Waals surface area contributed by atoms with Crippen LogP contribution in [0.25, 0.3) is 22.0 Å². The van der Waals surface area contributed by atoms with Crippen LogP contribution < -0.4 is 0 Å². The number of halogens is 1. The Balaban J connectivity index is 0.00000147. The number of non-ortho nitro benzene ring substituents is 1. The van der Waals surface area contributed by atoms with E-state index in [4.69, 9.17) is 0 Å². The van der Waals surface area contributed by atoms with Crippen LogP contribution in [0.5, 0.6) is 0 Å². The van der Waals surface area contributed by atoms with Gasteiger partial charge in [0, 0.05) is 29.3 Å². The van der Waals surface area contributed by atoms with Crippen molar-refractivity contribution in [1.29, 1.82) is 0 Å². The van der Waals surface area contributed by atoms with Crippen LogP contribution in [0.3, 0.4) is 0 Å². The summed E-state index contributed by atoms with van der Waals surface area (Å²) in [6.07, 6.45) is 1.84. The minimum Gasteiger partial charge on any atom is -0.359 e. The second kappa shape index (κ2) is 5.98. The average Bonchev–Trinajstić information content (AvgIpc) is 3.09. The molecule has 1 aromatic carbocycles. The van der Waals surface area contributed by atoms with Gasteiger partial charge in [-0.3, -0.25) is 10.1 Å². The van der Waals surface area contributed by atoms with Crippen molar-refractivity contribution >= 4 is 34.0 Å². The first-order chi connectivity index (χ1) is 9.24. The molecule has 2 aromatic heterocycles. The maximum absolute atomic E-state index is 10.8. The summed E-state index contributed by atoms with van der Waals surface area (Å²) in [6, 6.07) is 10.3. The van der Waals surface area contributed by atoms with Crippen molar-refractivity contribution in [2.24, 2.45) is 0 Å². The van der Waals surface area contributed by atoms with Crippen LogP contribution in [-0.2, 0) is 0 Å². The smallest absolute Gasteiger partial charge is 0.270 e. The number of nitro groups is 1. The maximum Gasteiger partial charge on any atom is 0.270 e. The summed E-state index contributed by atoms with van der Waals surface area (Å²) in [5.41, 5.74) is 2.52. The molecule has 0 aliphatic carbocycles. The third-order valence-electron chi connectivity index (χ3n) is 2.69. The fourth-order valence-electron chi connectivity index (χ4n) is 1.77. The third kappa shape index (κ3) is 2.78. The van der Waals surface area contributed by atoms with E-state index < -0.39 is 4.92 Å². The monoisotopic (exact) mass is 351 g/mol. The quantitative estimate of drug-likeness (QED) is 0.565. The first kappa shape index (κ1) is 14.4. The molecule has 5 nitrogen and oxygen atoms in total. The van der Waals surface area contributed by atoms with E-state index in [1.165, 1.54) is 23.5 Å². The van der Waals surface area contributed by atoms with Gasteiger partial charge in [-0.25, -0.2) is 4.98 Å². The number of hydrogen-bond donors (Lipinski definition) is 1. The Morgan fingerprint density at radius 1 is 1.25 bits per heavy atom. The molecule has 0 spiro atoms. The molecule has 3 aromatic rings. The predicted molar refractivity (Wildman–Crippen MR) is 84.3 cm³/mol. The van der Waals surface area contributed by atoms with Gasteiger partial charge in [0.1, 0.15) is 5.01 Å². The zero-order valence-electron chi connectivity index (χ0n) is 10.1. The molecule has 0 radical (unpaired) electrons. The second-order valence-electron chi connectivity index (χ2n) is 3.93. The number of nitro benzene ring substituents is 1. The van der Waals surface area contributed by atoms with Gasteiger partial charge in [-0.2, -0.15) is 0 Å². The molecular formula is C13H10BrN3O2S. The van der Waals surface area contributed by atoms with Gasteiger partial charge < -0.3 is 4.98 Å². The number of thiazole rings is 1. The van der Waals surface area contributed by atoms with Gasteiger partial charge in [0.05, 0.1) is 16.3 Å². The van der Waals surface area contributed by atoms with Crippen LogP contribution in [0.1, 0.15) is 0 Å². The fourth-order valence-corrected chi connectivity index (χ4v) is 2.59. The van der Waals surface area contributed by atoms with Gasteiger partial charge in [0.25, 0.3) is 5.69 Å². The molecule has 0 aliphatic rings.